The van der Waals surface area contributed by atoms with Gasteiger partial charge in [0.15, 0.2) is 11.5 Å². The van der Waals surface area contributed by atoms with Crippen molar-refractivity contribution < 1.29 is 14.3 Å². The number of aromatic nitrogens is 1. The number of piperidine rings is 1. The maximum absolute atomic E-state index is 12.1. The largest absolute Gasteiger partial charge is 0.486 e. The first-order chi connectivity index (χ1) is 14.2. The number of hydrogen-bond acceptors (Lipinski definition) is 5. The van der Waals surface area contributed by atoms with Gasteiger partial charge in [-0.2, -0.15) is 0 Å². The molecule has 0 saturated carbocycles. The first-order valence-corrected chi connectivity index (χ1v) is 10.5. The van der Waals surface area contributed by atoms with Gasteiger partial charge in [0.05, 0.1) is 6.42 Å². The summed E-state index contributed by atoms with van der Waals surface area (Å²) in [5.74, 6) is 2.06. The summed E-state index contributed by atoms with van der Waals surface area (Å²) >= 11 is 6.05. The Labute approximate surface area is 176 Å². The molecule has 154 valence electrons. The minimum atomic E-state index is 0.0108. The highest BCUT2D eigenvalue weighted by atomic mass is 35.5. The third-order valence-corrected chi connectivity index (χ3v) is 5.70. The van der Waals surface area contributed by atoms with Crippen molar-refractivity contribution in [3.05, 3.63) is 53.3 Å². The van der Waals surface area contributed by atoms with Crippen LogP contribution in [0.1, 0.15) is 18.4 Å². The average Bonchev–Trinajstić information content (AvgIpc) is 2.74. The molecule has 1 aromatic heterocycles. The van der Waals surface area contributed by atoms with E-state index >= 15 is 0 Å². The third-order valence-electron chi connectivity index (χ3n) is 5.47. The van der Waals surface area contributed by atoms with E-state index in [4.69, 9.17) is 21.1 Å². The van der Waals surface area contributed by atoms with Crippen molar-refractivity contribution in [2.45, 2.75) is 25.4 Å². The minimum absolute atomic E-state index is 0.0108. The highest BCUT2D eigenvalue weighted by Gasteiger charge is 2.26. The maximum Gasteiger partial charge on any atom is 0.224 e. The van der Waals surface area contributed by atoms with Gasteiger partial charge in [0, 0.05) is 36.6 Å². The summed E-state index contributed by atoms with van der Waals surface area (Å²) in [5, 5.41) is 3.72. The lowest BCUT2D eigenvalue weighted by atomic mass is 9.96. The van der Waals surface area contributed by atoms with Crippen LogP contribution in [0.3, 0.4) is 0 Å². The highest BCUT2D eigenvalue weighted by molar-refractivity contribution is 6.30. The van der Waals surface area contributed by atoms with E-state index in [0.717, 1.165) is 56.1 Å². The molecule has 1 aromatic carbocycles. The zero-order valence-electron chi connectivity index (χ0n) is 16.4. The number of likely N-dealkylation sites (tertiary alicyclic amines) is 1. The Kier molecular flexibility index (Phi) is 6.52. The molecule has 2 aliphatic rings. The van der Waals surface area contributed by atoms with Gasteiger partial charge < -0.3 is 14.8 Å². The van der Waals surface area contributed by atoms with E-state index < -0.39 is 0 Å². The molecule has 6 nitrogen and oxygen atoms in total. The number of hydrogen-bond donors (Lipinski definition) is 1. The standard InChI is InChI=1S/C22H26ClN3O3/c23-18-3-4-20-21(11-18)29-19(15-28-20)14-26-8-5-16(6-9-26)13-25-22(27)10-17-2-1-7-24-12-17/h1-4,7,11-12,16,19H,5-6,8-10,13-15H2,(H,25,27). The quantitative estimate of drug-likeness (QED) is 0.785. The van der Waals surface area contributed by atoms with Gasteiger partial charge in [-0.15, -0.1) is 0 Å². The van der Waals surface area contributed by atoms with Gasteiger partial charge in [-0.25, -0.2) is 0 Å². The zero-order chi connectivity index (χ0) is 20.1. The third kappa shape index (κ3) is 5.61. The lowest BCUT2D eigenvalue weighted by Crippen LogP contribution is -2.45. The number of carbonyl (C=O) groups excluding carboxylic acids is 1. The summed E-state index contributed by atoms with van der Waals surface area (Å²) in [6.45, 7) is 4.14. The first-order valence-electron chi connectivity index (χ1n) is 10.1. The van der Waals surface area contributed by atoms with Crippen LogP contribution < -0.4 is 14.8 Å². The van der Waals surface area contributed by atoms with Gasteiger partial charge in [-0.05, 0) is 55.6 Å². The Balaban J connectivity index is 1.17. The number of amides is 1. The van der Waals surface area contributed by atoms with E-state index in [9.17, 15) is 4.79 Å². The second kappa shape index (κ2) is 9.46. The maximum atomic E-state index is 12.1. The smallest absolute Gasteiger partial charge is 0.224 e. The number of carbonyl (C=O) groups is 1. The molecule has 0 radical (unpaired) electrons. The van der Waals surface area contributed by atoms with Crippen molar-refractivity contribution in [1.82, 2.24) is 15.2 Å². The molecule has 7 heteroatoms. The monoisotopic (exact) mass is 415 g/mol. The fourth-order valence-corrected chi connectivity index (χ4v) is 4.01. The molecule has 3 heterocycles. The van der Waals surface area contributed by atoms with Gasteiger partial charge >= 0.3 is 0 Å². The molecule has 1 fully saturated rings. The van der Waals surface area contributed by atoms with Crippen LogP contribution in [-0.4, -0.2) is 54.7 Å². The second-order valence-electron chi connectivity index (χ2n) is 7.73. The number of ether oxygens (including phenoxy) is 2. The van der Waals surface area contributed by atoms with E-state index in [0.29, 0.717) is 24.0 Å². The van der Waals surface area contributed by atoms with E-state index in [1.807, 2.05) is 30.3 Å². The van der Waals surface area contributed by atoms with Crippen LogP contribution in [0.15, 0.2) is 42.7 Å². The number of rotatable bonds is 6. The van der Waals surface area contributed by atoms with E-state index in [2.05, 4.69) is 15.2 Å². The fraction of sp³-hybridized carbons (Fsp3) is 0.455. The van der Waals surface area contributed by atoms with Crippen LogP contribution in [0.4, 0.5) is 0 Å². The summed E-state index contributed by atoms with van der Waals surface area (Å²) < 4.78 is 11.9. The summed E-state index contributed by atoms with van der Waals surface area (Å²) in [6, 6.07) is 9.25. The van der Waals surface area contributed by atoms with E-state index in [1.54, 1.807) is 12.4 Å². The van der Waals surface area contributed by atoms with Gasteiger partial charge in [-0.1, -0.05) is 17.7 Å². The second-order valence-corrected chi connectivity index (χ2v) is 8.16. The summed E-state index contributed by atoms with van der Waals surface area (Å²) in [4.78, 5) is 18.6. The normalized spacial score (nSPS) is 19.7. The molecule has 0 aliphatic carbocycles. The number of nitrogens with one attached hydrogen (secondary N) is 1. The Morgan fingerprint density at radius 1 is 1.24 bits per heavy atom. The first kappa shape index (κ1) is 20.0. The molecule has 2 aromatic rings. The van der Waals surface area contributed by atoms with E-state index in [1.165, 1.54) is 0 Å². The van der Waals surface area contributed by atoms with Crippen LogP contribution in [0, 0.1) is 5.92 Å². The predicted octanol–water partition coefficient (Wildman–Crippen LogP) is 2.95. The van der Waals surface area contributed by atoms with Crippen molar-refractivity contribution >= 4 is 17.5 Å². The molecule has 1 saturated heterocycles. The van der Waals surface area contributed by atoms with Crippen molar-refractivity contribution in [1.29, 1.82) is 0 Å². The molecule has 29 heavy (non-hydrogen) atoms. The average molecular weight is 416 g/mol. The fourth-order valence-electron chi connectivity index (χ4n) is 3.85. The summed E-state index contributed by atoms with van der Waals surface area (Å²) in [7, 11) is 0. The lowest BCUT2D eigenvalue weighted by Gasteiger charge is -2.35. The molecule has 1 N–H and O–H groups in total. The number of halogens is 1. The van der Waals surface area contributed by atoms with Gasteiger partial charge in [-0.3, -0.25) is 14.7 Å². The van der Waals surface area contributed by atoms with Crippen molar-refractivity contribution in [2.75, 3.05) is 32.8 Å². The molecule has 1 unspecified atom stereocenters. The number of nitrogens with zero attached hydrogens (tertiary/aromatic N) is 2. The highest BCUT2D eigenvalue weighted by Crippen LogP contribution is 2.34. The van der Waals surface area contributed by atoms with Crippen molar-refractivity contribution in [3.8, 4) is 11.5 Å². The Bertz CT molecular complexity index is 825. The Morgan fingerprint density at radius 3 is 2.90 bits per heavy atom. The minimum Gasteiger partial charge on any atom is -0.486 e. The molecule has 2 aliphatic heterocycles. The molecule has 0 bridgehead atoms. The van der Waals surface area contributed by atoms with Crippen LogP contribution in [0.25, 0.3) is 0 Å². The zero-order valence-corrected chi connectivity index (χ0v) is 17.1. The molecular formula is C22H26ClN3O3. The summed E-state index contributed by atoms with van der Waals surface area (Å²) in [6.07, 6.45) is 6.00. The van der Waals surface area contributed by atoms with Gasteiger partial charge in [0.25, 0.3) is 0 Å². The van der Waals surface area contributed by atoms with Crippen LogP contribution in [0.5, 0.6) is 11.5 Å². The van der Waals surface area contributed by atoms with Crippen molar-refractivity contribution in [2.24, 2.45) is 5.92 Å². The van der Waals surface area contributed by atoms with Crippen LogP contribution in [0.2, 0.25) is 5.02 Å². The SMILES string of the molecule is O=C(Cc1cccnc1)NCC1CCN(CC2COc3ccc(Cl)cc3O2)CC1. The number of fused-ring (bicyclic) bond motifs is 1. The topological polar surface area (TPSA) is 63.7 Å². The van der Waals surface area contributed by atoms with E-state index in [-0.39, 0.29) is 12.0 Å². The molecule has 1 amide bonds. The molecular weight excluding hydrogens is 390 g/mol. The lowest BCUT2D eigenvalue weighted by molar-refractivity contribution is -0.120. The predicted molar refractivity (Wildman–Crippen MR) is 111 cm³/mol. The Morgan fingerprint density at radius 2 is 2.10 bits per heavy atom. The van der Waals surface area contributed by atoms with Crippen LogP contribution >= 0.6 is 11.6 Å². The molecule has 4 rings (SSSR count). The summed E-state index contributed by atoms with van der Waals surface area (Å²) in [5.41, 5.74) is 0.942. The Hall–Kier alpha value is -2.31. The van der Waals surface area contributed by atoms with Gasteiger partial charge in [0.2, 0.25) is 5.91 Å². The van der Waals surface area contributed by atoms with Crippen molar-refractivity contribution in [3.63, 3.8) is 0 Å². The van der Waals surface area contributed by atoms with Crippen LogP contribution in [-0.2, 0) is 11.2 Å². The molecule has 0 spiro atoms. The van der Waals surface area contributed by atoms with Gasteiger partial charge in [0.1, 0.15) is 12.7 Å². The number of pyridine rings is 1. The molecule has 1 atom stereocenters. The number of benzene rings is 1.